The third kappa shape index (κ3) is 1.84. The Labute approximate surface area is 154 Å². The molecule has 122 valence electrons. The molecule has 4 aromatic rings. The van der Waals surface area contributed by atoms with Gasteiger partial charge in [-0.15, -0.1) is 0 Å². The van der Waals surface area contributed by atoms with Gasteiger partial charge >= 0.3 is 0 Å². The van der Waals surface area contributed by atoms with Gasteiger partial charge < -0.3 is 0 Å². The van der Waals surface area contributed by atoms with Gasteiger partial charge in [-0.1, -0.05) is 90.3 Å². The molecule has 0 amide bonds. The molecule has 0 unspecified atom stereocenters. The van der Waals surface area contributed by atoms with Crippen LogP contribution in [0.2, 0.25) is 0 Å². The molecule has 26 heavy (non-hydrogen) atoms. The number of rotatable bonds is 1. The summed E-state index contributed by atoms with van der Waals surface area (Å²) in [5.74, 6) is 0. The minimum atomic E-state index is -1.16. The summed E-state index contributed by atoms with van der Waals surface area (Å²) in [4.78, 5) is 0. The van der Waals surface area contributed by atoms with Gasteiger partial charge in [-0.25, -0.2) is 0 Å². The first-order chi connectivity index (χ1) is 12.9. The van der Waals surface area contributed by atoms with Gasteiger partial charge in [0.15, 0.2) is 0 Å². The topological polar surface area (TPSA) is 0 Å². The van der Waals surface area contributed by atoms with Crippen molar-refractivity contribution in [3.8, 4) is 11.1 Å². The van der Waals surface area contributed by atoms with Crippen molar-refractivity contribution in [2.24, 2.45) is 0 Å². The summed E-state index contributed by atoms with van der Waals surface area (Å²) < 4.78 is 0. The smallest absolute Gasteiger partial charge is 0.0893 e. The van der Waals surface area contributed by atoms with Gasteiger partial charge in [0.05, 0.1) is 0 Å². The Balaban J connectivity index is 1.83. The molecule has 0 spiro atoms. The molecule has 0 bridgehead atoms. The van der Waals surface area contributed by atoms with Crippen LogP contribution < -0.4 is 5.19 Å². The molecule has 1 aliphatic carbocycles. The van der Waals surface area contributed by atoms with E-state index in [1.807, 2.05) is 0 Å². The van der Waals surface area contributed by atoms with Crippen molar-refractivity contribution in [2.75, 3.05) is 0 Å². The van der Waals surface area contributed by atoms with Crippen LogP contribution in [0.4, 0.5) is 0 Å². The van der Waals surface area contributed by atoms with Crippen molar-refractivity contribution >= 4 is 35.5 Å². The lowest BCUT2D eigenvalue weighted by atomic mass is 9.91. The maximum atomic E-state index is 2.44. The van der Waals surface area contributed by atoms with Crippen LogP contribution in [0, 0.1) is 0 Å². The van der Waals surface area contributed by atoms with Crippen molar-refractivity contribution in [3.63, 3.8) is 0 Å². The highest BCUT2D eigenvalue weighted by Gasteiger charge is 2.26. The highest BCUT2D eigenvalue weighted by Crippen LogP contribution is 2.45. The van der Waals surface area contributed by atoms with Crippen LogP contribution in [0.5, 0.6) is 0 Å². The minimum Gasteiger partial charge on any atom is -0.0893 e. The highest BCUT2D eigenvalue weighted by atomic mass is 28.3. The Hall–Kier alpha value is -2.90. The molecule has 1 heteroatoms. The summed E-state index contributed by atoms with van der Waals surface area (Å²) in [7, 11) is -1.16. The van der Waals surface area contributed by atoms with Gasteiger partial charge in [0.25, 0.3) is 0 Å². The summed E-state index contributed by atoms with van der Waals surface area (Å²) >= 11 is 0. The Bertz CT molecular complexity index is 1250. The lowest BCUT2D eigenvalue weighted by Gasteiger charge is -2.17. The molecule has 0 radical (unpaired) electrons. The molecule has 0 saturated heterocycles. The number of fused-ring (bicyclic) bond motifs is 8. The molecule has 0 nitrogen and oxygen atoms in total. The SMILES string of the molecule is C1=C[SiH](c2cccc3c2c2c(c4ccccc43)-c3ccccc3C2)C=C1. The maximum absolute atomic E-state index is 2.44. The highest BCUT2D eigenvalue weighted by molar-refractivity contribution is 6.85. The second-order valence-electron chi connectivity index (χ2n) is 7.30. The van der Waals surface area contributed by atoms with E-state index in [2.05, 4.69) is 90.3 Å². The van der Waals surface area contributed by atoms with E-state index in [0.29, 0.717) is 0 Å². The fourth-order valence-corrected chi connectivity index (χ4v) is 7.14. The van der Waals surface area contributed by atoms with E-state index in [1.165, 1.54) is 43.8 Å². The van der Waals surface area contributed by atoms with E-state index in [-0.39, 0.29) is 0 Å². The molecule has 4 aromatic carbocycles. The fourth-order valence-electron chi connectivity index (χ4n) is 4.87. The van der Waals surface area contributed by atoms with Crippen LogP contribution in [0.3, 0.4) is 0 Å². The molecular formula is C25H18Si. The molecule has 0 atom stereocenters. The Morgan fingerprint density at radius 1 is 0.654 bits per heavy atom. The van der Waals surface area contributed by atoms with Crippen LogP contribution in [-0.4, -0.2) is 8.80 Å². The van der Waals surface area contributed by atoms with E-state index < -0.39 is 8.80 Å². The monoisotopic (exact) mass is 346 g/mol. The molecule has 2 aliphatic rings. The zero-order chi connectivity index (χ0) is 17.1. The van der Waals surface area contributed by atoms with E-state index in [4.69, 9.17) is 0 Å². The standard InChI is InChI=1S/C25H18Si/c1-2-9-18-17(8-1)16-22-24(18)20-11-4-3-10-19(20)21-12-7-13-23(25(21)22)26-14-5-6-15-26/h1-15,26H,16H2. The normalized spacial score (nSPS) is 15.1. The third-order valence-corrected chi connectivity index (χ3v) is 8.42. The van der Waals surface area contributed by atoms with Gasteiger partial charge in [0, 0.05) is 0 Å². The third-order valence-electron chi connectivity index (χ3n) is 5.95. The molecule has 0 N–H and O–H groups in total. The number of hydrogen-bond acceptors (Lipinski definition) is 0. The molecule has 1 heterocycles. The first kappa shape index (κ1) is 14.3. The van der Waals surface area contributed by atoms with Crippen molar-refractivity contribution in [2.45, 2.75) is 6.42 Å². The molecule has 1 aliphatic heterocycles. The minimum absolute atomic E-state index is 1.05. The van der Waals surface area contributed by atoms with Gasteiger partial charge in [0.1, 0.15) is 8.80 Å². The first-order valence-electron chi connectivity index (χ1n) is 9.31. The average Bonchev–Trinajstić information content (AvgIpc) is 3.35. The quantitative estimate of drug-likeness (QED) is 0.289. The van der Waals surface area contributed by atoms with Crippen molar-refractivity contribution in [1.82, 2.24) is 0 Å². The van der Waals surface area contributed by atoms with Crippen LogP contribution >= 0.6 is 0 Å². The Kier molecular flexibility index (Phi) is 2.91. The first-order valence-corrected chi connectivity index (χ1v) is 11.2. The van der Waals surface area contributed by atoms with Crippen molar-refractivity contribution < 1.29 is 0 Å². The predicted molar refractivity (Wildman–Crippen MR) is 115 cm³/mol. The predicted octanol–water partition coefficient (Wildman–Crippen LogP) is 5.20. The number of hydrogen-bond donors (Lipinski definition) is 0. The molecule has 0 aromatic heterocycles. The second-order valence-corrected chi connectivity index (χ2v) is 9.74. The summed E-state index contributed by atoms with van der Waals surface area (Å²) in [6.45, 7) is 0. The van der Waals surface area contributed by atoms with E-state index in [9.17, 15) is 0 Å². The Morgan fingerprint density at radius 3 is 2.27 bits per heavy atom. The number of benzene rings is 4. The molecule has 0 saturated carbocycles. The van der Waals surface area contributed by atoms with E-state index in [0.717, 1.165) is 6.42 Å². The van der Waals surface area contributed by atoms with Gasteiger partial charge in [0.2, 0.25) is 0 Å². The second kappa shape index (κ2) is 5.30. The lowest BCUT2D eigenvalue weighted by molar-refractivity contribution is 1.29. The average molecular weight is 347 g/mol. The van der Waals surface area contributed by atoms with Gasteiger partial charge in [-0.2, -0.15) is 0 Å². The summed E-state index contributed by atoms with van der Waals surface area (Å²) in [5.41, 5.74) is 10.8. The van der Waals surface area contributed by atoms with Crippen molar-refractivity contribution in [1.29, 1.82) is 0 Å². The summed E-state index contributed by atoms with van der Waals surface area (Å²) in [6.07, 6.45) is 5.51. The largest absolute Gasteiger partial charge is 0.118 e. The van der Waals surface area contributed by atoms with Crippen LogP contribution in [0.1, 0.15) is 11.1 Å². The summed E-state index contributed by atoms with van der Waals surface area (Å²) in [6, 6.07) is 24.8. The van der Waals surface area contributed by atoms with Crippen LogP contribution in [0.25, 0.3) is 32.7 Å². The van der Waals surface area contributed by atoms with Crippen LogP contribution in [-0.2, 0) is 6.42 Å². The molecule has 0 fully saturated rings. The van der Waals surface area contributed by atoms with Gasteiger partial charge in [-0.3, -0.25) is 0 Å². The van der Waals surface area contributed by atoms with E-state index >= 15 is 0 Å². The zero-order valence-corrected chi connectivity index (χ0v) is 15.6. The number of allylic oxidation sites excluding steroid dienone is 2. The molecular weight excluding hydrogens is 328 g/mol. The van der Waals surface area contributed by atoms with Gasteiger partial charge in [-0.05, 0) is 55.4 Å². The fraction of sp³-hybridized carbons (Fsp3) is 0.0400. The maximum Gasteiger partial charge on any atom is 0.118 e. The van der Waals surface area contributed by atoms with E-state index in [1.54, 1.807) is 5.19 Å². The molecule has 6 rings (SSSR count). The lowest BCUT2D eigenvalue weighted by Crippen LogP contribution is -2.26. The summed E-state index contributed by atoms with van der Waals surface area (Å²) in [5, 5.41) is 7.30. The van der Waals surface area contributed by atoms with Crippen LogP contribution in [0.15, 0.2) is 90.3 Å². The van der Waals surface area contributed by atoms with Crippen molar-refractivity contribution in [3.05, 3.63) is 101 Å². The zero-order valence-electron chi connectivity index (χ0n) is 14.4. The Morgan fingerprint density at radius 2 is 1.38 bits per heavy atom.